The second kappa shape index (κ2) is 7.51. The molecule has 2 fully saturated rings. The molecule has 2 N–H and O–H groups in total. The molecule has 0 saturated carbocycles. The van der Waals surface area contributed by atoms with E-state index in [1.165, 1.54) is 10.9 Å². The number of aromatic nitrogens is 1. The summed E-state index contributed by atoms with van der Waals surface area (Å²) in [6.45, 7) is 2.57. The van der Waals surface area contributed by atoms with E-state index in [0.717, 1.165) is 17.5 Å². The average Bonchev–Trinajstić information content (AvgIpc) is 3.42. The summed E-state index contributed by atoms with van der Waals surface area (Å²) in [7, 11) is 0. The molecule has 3 heterocycles. The zero-order valence-corrected chi connectivity index (χ0v) is 17.7. The largest absolute Gasteiger partial charge is 0.361 e. The number of hydrogen-bond acceptors (Lipinski definition) is 3. The maximum atomic E-state index is 13.1. The molecule has 0 unspecified atom stereocenters. The summed E-state index contributed by atoms with van der Waals surface area (Å²) in [6.07, 6.45) is 3.40. The molecule has 5 nitrogen and oxygen atoms in total. The Morgan fingerprint density at radius 3 is 2.83 bits per heavy atom. The van der Waals surface area contributed by atoms with Crippen molar-refractivity contribution in [3.05, 3.63) is 71.9 Å². The molecule has 2 aliphatic heterocycles. The van der Waals surface area contributed by atoms with Gasteiger partial charge in [-0.15, -0.1) is 11.8 Å². The molecule has 30 heavy (non-hydrogen) atoms. The van der Waals surface area contributed by atoms with Gasteiger partial charge in [0.2, 0.25) is 11.8 Å². The van der Waals surface area contributed by atoms with Crippen LogP contribution in [0.3, 0.4) is 0 Å². The lowest BCUT2D eigenvalue weighted by atomic mass is 9.91. The van der Waals surface area contributed by atoms with Crippen molar-refractivity contribution in [3.63, 3.8) is 0 Å². The number of fused-ring (bicyclic) bond motifs is 2. The Morgan fingerprint density at radius 1 is 1.23 bits per heavy atom. The zero-order chi connectivity index (χ0) is 20.7. The van der Waals surface area contributed by atoms with Crippen LogP contribution in [0.5, 0.6) is 0 Å². The number of H-pyrrole nitrogens is 1. The zero-order valence-electron chi connectivity index (χ0n) is 16.9. The SMILES string of the molecule is C[C@]12CCC(=O)N1[C@H](C(=O)NC[C@H](c1ccccc1)c1c[nH]c3ccccc13)CS2. The third-order valence-electron chi connectivity index (χ3n) is 6.43. The maximum Gasteiger partial charge on any atom is 0.243 e. The first-order valence-corrected chi connectivity index (χ1v) is 11.4. The molecule has 0 radical (unpaired) electrons. The molecule has 0 aliphatic carbocycles. The molecular weight excluding hydrogens is 394 g/mol. The first-order valence-electron chi connectivity index (χ1n) is 10.4. The Bertz CT molecular complexity index is 1100. The van der Waals surface area contributed by atoms with Crippen molar-refractivity contribution < 1.29 is 9.59 Å². The van der Waals surface area contributed by atoms with Crippen LogP contribution in [0.25, 0.3) is 10.9 Å². The van der Waals surface area contributed by atoms with Crippen molar-refractivity contribution in [2.45, 2.75) is 36.6 Å². The molecule has 6 heteroatoms. The average molecular weight is 420 g/mol. The Labute approximate surface area is 180 Å². The van der Waals surface area contributed by atoms with E-state index in [2.05, 4.69) is 41.5 Å². The van der Waals surface area contributed by atoms with Gasteiger partial charge < -0.3 is 15.2 Å². The van der Waals surface area contributed by atoms with Gasteiger partial charge in [-0.1, -0.05) is 48.5 Å². The van der Waals surface area contributed by atoms with Crippen LogP contribution in [-0.4, -0.2) is 44.9 Å². The minimum atomic E-state index is -0.380. The van der Waals surface area contributed by atoms with E-state index in [1.807, 2.05) is 41.4 Å². The van der Waals surface area contributed by atoms with Crippen molar-refractivity contribution >= 4 is 34.5 Å². The van der Waals surface area contributed by atoms with Gasteiger partial charge in [-0.25, -0.2) is 0 Å². The first-order chi connectivity index (χ1) is 14.6. The molecule has 2 aromatic carbocycles. The number of nitrogens with zero attached hydrogens (tertiary/aromatic N) is 1. The van der Waals surface area contributed by atoms with Crippen molar-refractivity contribution in [2.24, 2.45) is 0 Å². The summed E-state index contributed by atoms with van der Waals surface area (Å²) >= 11 is 1.72. The predicted molar refractivity (Wildman–Crippen MR) is 120 cm³/mol. The van der Waals surface area contributed by atoms with Crippen molar-refractivity contribution in [1.29, 1.82) is 0 Å². The Morgan fingerprint density at radius 2 is 2.00 bits per heavy atom. The standard InChI is InChI=1S/C24H25N3O2S/c1-24-12-11-22(28)27(24)21(15-30-24)23(29)26-13-18(16-7-3-2-4-8-16)19-14-25-20-10-6-5-9-17(19)20/h2-10,14,18,21,25H,11-13,15H2,1H3,(H,26,29)/t18-,21+,24+/m1/s1. The number of rotatable bonds is 5. The lowest BCUT2D eigenvalue weighted by Gasteiger charge is -2.30. The number of hydrogen-bond donors (Lipinski definition) is 2. The molecule has 3 aromatic rings. The van der Waals surface area contributed by atoms with Gasteiger partial charge >= 0.3 is 0 Å². The van der Waals surface area contributed by atoms with E-state index in [0.29, 0.717) is 18.7 Å². The summed E-state index contributed by atoms with van der Waals surface area (Å²) in [5.41, 5.74) is 3.41. The highest BCUT2D eigenvalue weighted by molar-refractivity contribution is 8.01. The minimum absolute atomic E-state index is 0.0287. The predicted octanol–water partition coefficient (Wildman–Crippen LogP) is 3.87. The van der Waals surface area contributed by atoms with E-state index < -0.39 is 0 Å². The normalized spacial score (nSPS) is 24.2. The molecule has 1 aromatic heterocycles. The molecule has 2 amide bonds. The van der Waals surface area contributed by atoms with Gasteiger partial charge in [-0.2, -0.15) is 0 Å². The topological polar surface area (TPSA) is 65.2 Å². The number of aromatic amines is 1. The smallest absolute Gasteiger partial charge is 0.243 e. The minimum Gasteiger partial charge on any atom is -0.361 e. The summed E-state index contributed by atoms with van der Waals surface area (Å²) in [4.78, 5) is 30.5. The fraction of sp³-hybridized carbons (Fsp3) is 0.333. The molecule has 154 valence electrons. The molecule has 3 atom stereocenters. The second-order valence-corrected chi connectivity index (χ2v) is 9.77. The highest BCUT2D eigenvalue weighted by Crippen LogP contribution is 2.47. The molecule has 5 rings (SSSR count). The monoisotopic (exact) mass is 419 g/mol. The van der Waals surface area contributed by atoms with Crippen LogP contribution in [-0.2, 0) is 9.59 Å². The highest BCUT2D eigenvalue weighted by Gasteiger charge is 2.52. The number of thioether (sulfide) groups is 1. The fourth-order valence-corrected chi connectivity index (χ4v) is 6.24. The number of amides is 2. The van der Waals surface area contributed by atoms with Crippen LogP contribution in [0.4, 0.5) is 0 Å². The van der Waals surface area contributed by atoms with E-state index in [4.69, 9.17) is 0 Å². The van der Waals surface area contributed by atoms with Crippen LogP contribution in [0.15, 0.2) is 60.8 Å². The number of carbonyl (C=O) groups is 2. The number of benzene rings is 2. The van der Waals surface area contributed by atoms with Crippen molar-refractivity contribution in [3.8, 4) is 0 Å². The molecule has 0 spiro atoms. The third-order valence-corrected chi connectivity index (χ3v) is 7.93. The first kappa shape index (κ1) is 19.2. The Balaban J connectivity index is 1.40. The molecular formula is C24H25N3O2S. The van der Waals surface area contributed by atoms with E-state index in [-0.39, 0.29) is 28.6 Å². The number of nitrogens with one attached hydrogen (secondary N) is 2. The van der Waals surface area contributed by atoms with E-state index in [9.17, 15) is 9.59 Å². The van der Waals surface area contributed by atoms with Gasteiger partial charge in [-0.3, -0.25) is 9.59 Å². The van der Waals surface area contributed by atoms with Crippen LogP contribution in [0, 0.1) is 0 Å². The maximum absolute atomic E-state index is 13.1. The van der Waals surface area contributed by atoms with Gasteiger partial charge in [0.1, 0.15) is 6.04 Å². The summed E-state index contributed by atoms with van der Waals surface area (Å²) in [6, 6.07) is 18.1. The Kier molecular flexibility index (Phi) is 4.82. The van der Waals surface area contributed by atoms with Crippen molar-refractivity contribution in [1.82, 2.24) is 15.2 Å². The highest BCUT2D eigenvalue weighted by atomic mass is 32.2. The van der Waals surface area contributed by atoms with Crippen LogP contribution < -0.4 is 5.32 Å². The lowest BCUT2D eigenvalue weighted by Crippen LogP contribution is -2.50. The summed E-state index contributed by atoms with van der Waals surface area (Å²) < 4.78 is 0. The van der Waals surface area contributed by atoms with Gasteiger partial charge in [0, 0.05) is 41.7 Å². The van der Waals surface area contributed by atoms with Gasteiger partial charge in [0.25, 0.3) is 0 Å². The lowest BCUT2D eigenvalue weighted by molar-refractivity contribution is -0.137. The third kappa shape index (κ3) is 3.19. The van der Waals surface area contributed by atoms with Crippen LogP contribution >= 0.6 is 11.8 Å². The van der Waals surface area contributed by atoms with Crippen LogP contribution in [0.1, 0.15) is 36.8 Å². The molecule has 2 aliphatic rings. The second-order valence-electron chi connectivity index (χ2n) is 8.26. The summed E-state index contributed by atoms with van der Waals surface area (Å²) in [5.74, 6) is 0.735. The van der Waals surface area contributed by atoms with Crippen molar-refractivity contribution in [2.75, 3.05) is 12.3 Å². The Hall–Kier alpha value is -2.73. The van der Waals surface area contributed by atoms with E-state index >= 15 is 0 Å². The quantitative estimate of drug-likeness (QED) is 0.660. The van der Waals surface area contributed by atoms with Gasteiger partial charge in [0.15, 0.2) is 0 Å². The van der Waals surface area contributed by atoms with Crippen LogP contribution in [0.2, 0.25) is 0 Å². The van der Waals surface area contributed by atoms with Gasteiger partial charge in [0.05, 0.1) is 4.87 Å². The summed E-state index contributed by atoms with van der Waals surface area (Å²) in [5, 5.41) is 4.33. The number of para-hydroxylation sites is 1. The molecule has 2 saturated heterocycles. The number of carbonyl (C=O) groups excluding carboxylic acids is 2. The fourth-order valence-electron chi connectivity index (χ4n) is 4.81. The molecule has 0 bridgehead atoms. The van der Waals surface area contributed by atoms with Gasteiger partial charge in [-0.05, 0) is 30.5 Å². The van der Waals surface area contributed by atoms with E-state index in [1.54, 1.807) is 11.8 Å².